The Balaban J connectivity index is 0.00000121. The van der Waals surface area contributed by atoms with Crippen LogP contribution in [-0.2, 0) is 20.9 Å². The molecule has 0 aromatic heterocycles. The zero-order valence-electron chi connectivity index (χ0n) is 9.91. The lowest BCUT2D eigenvalue weighted by Gasteiger charge is -2.02. The van der Waals surface area contributed by atoms with Gasteiger partial charge in [-0.2, -0.15) is 8.42 Å². The van der Waals surface area contributed by atoms with Crippen molar-refractivity contribution in [3.63, 3.8) is 0 Å². The van der Waals surface area contributed by atoms with E-state index in [2.05, 4.69) is 4.18 Å². The number of rotatable bonds is 4. The summed E-state index contributed by atoms with van der Waals surface area (Å²) in [5, 5.41) is 10.5. The normalized spacial score (nSPS) is 10.3. The summed E-state index contributed by atoms with van der Waals surface area (Å²) in [7, 11) is -3.59. The monoisotopic (exact) mass is 261 g/mol. The van der Waals surface area contributed by atoms with Crippen molar-refractivity contribution in [2.24, 2.45) is 0 Å². The molecule has 0 N–H and O–H groups in total. The number of para-hydroxylation sites is 1. The minimum atomic E-state index is -3.59. The van der Waals surface area contributed by atoms with Gasteiger partial charge in [-0.1, -0.05) is 26.0 Å². The van der Waals surface area contributed by atoms with E-state index in [-0.39, 0.29) is 17.9 Å². The third-order valence-electron chi connectivity index (χ3n) is 1.62. The van der Waals surface area contributed by atoms with E-state index in [4.69, 9.17) is 0 Å². The van der Waals surface area contributed by atoms with Gasteiger partial charge in [-0.25, -0.2) is 0 Å². The highest BCUT2D eigenvalue weighted by atomic mass is 32.2. The molecule has 1 aromatic rings. The zero-order valence-corrected chi connectivity index (χ0v) is 10.7. The molecule has 0 saturated carbocycles. The molecule has 0 heterocycles. The van der Waals surface area contributed by atoms with Gasteiger partial charge in [0.2, 0.25) is 0 Å². The van der Waals surface area contributed by atoms with Gasteiger partial charge in [0.25, 0.3) is 15.8 Å². The van der Waals surface area contributed by atoms with Gasteiger partial charge in [0.05, 0.1) is 23.3 Å². The second kappa shape index (κ2) is 6.97. The van der Waals surface area contributed by atoms with Crippen molar-refractivity contribution < 1.29 is 17.5 Å². The molecule has 0 bridgehead atoms. The van der Waals surface area contributed by atoms with Crippen LogP contribution in [0.1, 0.15) is 19.4 Å². The summed E-state index contributed by atoms with van der Waals surface area (Å²) in [6.45, 7) is 3.68. The van der Waals surface area contributed by atoms with Crippen molar-refractivity contribution in [3.05, 3.63) is 39.9 Å². The van der Waals surface area contributed by atoms with Crippen LogP contribution in [-0.4, -0.2) is 19.6 Å². The molecule has 0 atom stereocenters. The molecule has 0 saturated heterocycles. The topological polar surface area (TPSA) is 86.5 Å². The first-order chi connectivity index (χ1) is 7.90. The van der Waals surface area contributed by atoms with E-state index in [1.165, 1.54) is 18.2 Å². The molecule has 0 aliphatic carbocycles. The van der Waals surface area contributed by atoms with Crippen LogP contribution in [0.2, 0.25) is 0 Å². The summed E-state index contributed by atoms with van der Waals surface area (Å²) in [4.78, 5) is 9.96. The summed E-state index contributed by atoms with van der Waals surface area (Å²) >= 11 is 0. The van der Waals surface area contributed by atoms with Crippen molar-refractivity contribution in [2.75, 3.05) is 6.26 Å². The number of nitro benzene ring substituents is 1. The Kier molecular flexibility index (Phi) is 6.37. The lowest BCUT2D eigenvalue weighted by Crippen LogP contribution is -2.04. The Morgan fingerprint density at radius 2 is 1.82 bits per heavy atom. The van der Waals surface area contributed by atoms with Gasteiger partial charge in [0.15, 0.2) is 0 Å². The van der Waals surface area contributed by atoms with Crippen LogP contribution in [0.25, 0.3) is 0 Å². The molecule has 1 aromatic carbocycles. The van der Waals surface area contributed by atoms with Crippen molar-refractivity contribution in [2.45, 2.75) is 20.5 Å². The summed E-state index contributed by atoms with van der Waals surface area (Å²) in [5.74, 6) is 0. The highest BCUT2D eigenvalue weighted by molar-refractivity contribution is 7.85. The molecule has 0 unspecified atom stereocenters. The molecule has 0 fully saturated rings. The Bertz CT molecular complexity index is 469. The molecule has 0 radical (unpaired) electrons. The van der Waals surface area contributed by atoms with E-state index in [1.807, 2.05) is 13.8 Å². The fourth-order valence-corrected chi connectivity index (χ4v) is 1.32. The first-order valence-electron chi connectivity index (χ1n) is 4.97. The third-order valence-corrected chi connectivity index (χ3v) is 2.16. The zero-order chi connectivity index (χ0) is 13.5. The minimum Gasteiger partial charge on any atom is -0.265 e. The summed E-state index contributed by atoms with van der Waals surface area (Å²) in [6.07, 6.45) is 0.891. The van der Waals surface area contributed by atoms with E-state index in [9.17, 15) is 18.5 Å². The van der Waals surface area contributed by atoms with Gasteiger partial charge in [0, 0.05) is 6.07 Å². The maximum atomic E-state index is 10.7. The van der Waals surface area contributed by atoms with Crippen LogP contribution in [0.5, 0.6) is 0 Å². The predicted octanol–water partition coefficient (Wildman–Crippen LogP) is 2.10. The Morgan fingerprint density at radius 3 is 2.29 bits per heavy atom. The molecule has 7 heteroatoms. The number of nitro groups is 1. The van der Waals surface area contributed by atoms with Crippen LogP contribution in [0, 0.1) is 10.1 Å². The molecular formula is C10H15NO5S. The first kappa shape index (κ1) is 15.5. The van der Waals surface area contributed by atoms with Gasteiger partial charge >= 0.3 is 0 Å². The van der Waals surface area contributed by atoms with Gasteiger partial charge in [0.1, 0.15) is 0 Å². The smallest absolute Gasteiger partial charge is 0.265 e. The van der Waals surface area contributed by atoms with Crippen molar-refractivity contribution in [1.29, 1.82) is 0 Å². The highest BCUT2D eigenvalue weighted by Crippen LogP contribution is 2.18. The van der Waals surface area contributed by atoms with Crippen LogP contribution in [0.15, 0.2) is 24.3 Å². The molecule has 0 aliphatic heterocycles. The lowest BCUT2D eigenvalue weighted by molar-refractivity contribution is -0.385. The molecule has 0 aliphatic rings. The quantitative estimate of drug-likeness (QED) is 0.470. The highest BCUT2D eigenvalue weighted by Gasteiger charge is 2.14. The van der Waals surface area contributed by atoms with E-state index < -0.39 is 15.0 Å². The Morgan fingerprint density at radius 1 is 1.29 bits per heavy atom. The van der Waals surface area contributed by atoms with E-state index >= 15 is 0 Å². The van der Waals surface area contributed by atoms with Crippen LogP contribution in [0.4, 0.5) is 5.69 Å². The SMILES string of the molecule is CC.CS(=O)(=O)OCc1ccccc1[N+](=O)[O-]. The third kappa shape index (κ3) is 5.98. The summed E-state index contributed by atoms with van der Waals surface area (Å²) in [6, 6.07) is 5.82. The maximum absolute atomic E-state index is 10.7. The standard InChI is InChI=1S/C8H9NO5S.C2H6/c1-15(12,13)14-6-7-4-2-3-5-8(7)9(10)11;1-2/h2-5H,6H2,1H3;1-2H3. The molecular weight excluding hydrogens is 246 g/mol. The molecule has 0 spiro atoms. The Hall–Kier alpha value is -1.47. The fraction of sp³-hybridized carbons (Fsp3) is 0.400. The van der Waals surface area contributed by atoms with Crippen molar-refractivity contribution >= 4 is 15.8 Å². The average Bonchev–Trinajstić information content (AvgIpc) is 2.28. The van der Waals surface area contributed by atoms with Gasteiger partial charge in [-0.15, -0.1) is 0 Å². The van der Waals surface area contributed by atoms with Gasteiger partial charge in [-0.05, 0) is 6.07 Å². The van der Waals surface area contributed by atoms with E-state index in [0.717, 1.165) is 6.26 Å². The molecule has 6 nitrogen and oxygen atoms in total. The van der Waals surface area contributed by atoms with Gasteiger partial charge < -0.3 is 0 Å². The van der Waals surface area contributed by atoms with Crippen LogP contribution < -0.4 is 0 Å². The van der Waals surface area contributed by atoms with Crippen molar-refractivity contribution in [3.8, 4) is 0 Å². The second-order valence-corrected chi connectivity index (χ2v) is 4.50. The minimum absolute atomic E-state index is 0.152. The first-order valence-corrected chi connectivity index (χ1v) is 6.78. The molecule has 96 valence electrons. The number of hydrogen-bond donors (Lipinski definition) is 0. The number of benzene rings is 1. The molecule has 17 heavy (non-hydrogen) atoms. The maximum Gasteiger partial charge on any atom is 0.274 e. The Labute approximate surface area is 100 Å². The fourth-order valence-electron chi connectivity index (χ4n) is 0.982. The summed E-state index contributed by atoms with van der Waals surface area (Å²) in [5.41, 5.74) is 0.0778. The van der Waals surface area contributed by atoms with Crippen LogP contribution in [0.3, 0.4) is 0 Å². The number of nitrogens with zero attached hydrogens (tertiary/aromatic N) is 1. The average molecular weight is 261 g/mol. The van der Waals surface area contributed by atoms with E-state index in [0.29, 0.717) is 0 Å². The predicted molar refractivity (Wildman–Crippen MR) is 64.1 cm³/mol. The summed E-state index contributed by atoms with van der Waals surface area (Å²) < 4.78 is 25.9. The van der Waals surface area contributed by atoms with Crippen molar-refractivity contribution in [1.82, 2.24) is 0 Å². The lowest BCUT2D eigenvalue weighted by atomic mass is 10.2. The van der Waals surface area contributed by atoms with Crippen LogP contribution >= 0.6 is 0 Å². The second-order valence-electron chi connectivity index (χ2n) is 2.85. The van der Waals surface area contributed by atoms with E-state index in [1.54, 1.807) is 6.07 Å². The molecule has 1 rings (SSSR count). The molecule has 0 amide bonds. The number of hydrogen-bond acceptors (Lipinski definition) is 5. The van der Waals surface area contributed by atoms with Gasteiger partial charge in [-0.3, -0.25) is 14.3 Å². The largest absolute Gasteiger partial charge is 0.274 e.